The van der Waals surface area contributed by atoms with Gasteiger partial charge >= 0.3 is 5.97 Å². The quantitative estimate of drug-likeness (QED) is 0.591. The number of carbonyl (C=O) groups is 2. The van der Waals surface area contributed by atoms with E-state index in [2.05, 4.69) is 5.32 Å². The molecular formula is C19H22N2O8S. The van der Waals surface area contributed by atoms with Crippen LogP contribution < -0.4 is 24.7 Å². The van der Waals surface area contributed by atoms with Crippen molar-refractivity contribution >= 4 is 27.6 Å². The summed E-state index contributed by atoms with van der Waals surface area (Å²) in [7, 11) is 0.388. The van der Waals surface area contributed by atoms with Crippen molar-refractivity contribution in [2.45, 2.75) is 17.9 Å². The third kappa shape index (κ3) is 5.39. The summed E-state index contributed by atoms with van der Waals surface area (Å²) in [6.45, 7) is 1.39. The number of methoxy groups -OCH3 is 3. The molecule has 0 radical (unpaired) electrons. The van der Waals surface area contributed by atoms with Crippen molar-refractivity contribution in [1.29, 1.82) is 0 Å². The average molecular weight is 438 g/mol. The first-order chi connectivity index (χ1) is 14.1. The number of nitrogens with one attached hydrogen (secondary N) is 1. The Bertz CT molecular complexity index is 1040. The van der Waals surface area contributed by atoms with Crippen LogP contribution in [0.3, 0.4) is 0 Å². The van der Waals surface area contributed by atoms with E-state index in [9.17, 15) is 18.0 Å². The number of carbonyl (C=O) groups excluding carboxylic acids is 2. The highest BCUT2D eigenvalue weighted by Crippen LogP contribution is 2.35. The summed E-state index contributed by atoms with van der Waals surface area (Å²) in [5.74, 6) is -0.591. The lowest BCUT2D eigenvalue weighted by Crippen LogP contribution is -2.30. The molecule has 0 saturated carbocycles. The van der Waals surface area contributed by atoms with E-state index in [1.807, 2.05) is 0 Å². The first-order valence-corrected chi connectivity index (χ1v) is 10.1. The minimum atomic E-state index is -3.84. The third-order valence-corrected chi connectivity index (χ3v) is 4.96. The second-order valence-corrected chi connectivity index (χ2v) is 7.58. The number of amides is 1. The Morgan fingerprint density at radius 1 is 0.933 bits per heavy atom. The maximum Gasteiger partial charge on any atom is 0.342 e. The van der Waals surface area contributed by atoms with Crippen LogP contribution in [0.15, 0.2) is 41.3 Å². The number of ether oxygens (including phenoxy) is 4. The predicted molar refractivity (Wildman–Crippen MR) is 107 cm³/mol. The van der Waals surface area contributed by atoms with Crippen molar-refractivity contribution in [1.82, 2.24) is 0 Å². The molecule has 11 heteroatoms. The molecule has 1 atom stereocenters. The van der Waals surface area contributed by atoms with Crippen molar-refractivity contribution in [2.75, 3.05) is 26.6 Å². The number of esters is 1. The molecule has 0 saturated heterocycles. The summed E-state index contributed by atoms with van der Waals surface area (Å²) in [5, 5.41) is 7.55. The molecule has 30 heavy (non-hydrogen) atoms. The molecule has 0 heterocycles. The number of hydrogen-bond donors (Lipinski definition) is 2. The van der Waals surface area contributed by atoms with Gasteiger partial charge in [-0.25, -0.2) is 18.4 Å². The Hall–Kier alpha value is -3.31. The molecule has 0 aromatic heterocycles. The standard InChI is InChI=1S/C19H22N2O8S/c1-11(18(22)21-12-5-7-13(8-6-12)30(20,24)25)29-19(23)14-9-16(27-3)17(28-4)10-15(14)26-2/h5-11H,1-4H3,(H,21,22)(H2,20,24,25). The summed E-state index contributed by atoms with van der Waals surface area (Å²) < 4.78 is 43.3. The largest absolute Gasteiger partial charge is 0.496 e. The Labute approximate surface area is 173 Å². The number of rotatable bonds is 8. The highest BCUT2D eigenvalue weighted by atomic mass is 32.2. The van der Waals surface area contributed by atoms with Gasteiger partial charge in [-0.05, 0) is 31.2 Å². The van der Waals surface area contributed by atoms with Crippen LogP contribution in [0, 0.1) is 0 Å². The maximum atomic E-state index is 12.6. The van der Waals surface area contributed by atoms with E-state index < -0.39 is 28.0 Å². The molecule has 10 nitrogen and oxygen atoms in total. The van der Waals surface area contributed by atoms with Gasteiger partial charge in [0.15, 0.2) is 17.6 Å². The Morgan fingerprint density at radius 2 is 1.47 bits per heavy atom. The second kappa shape index (κ2) is 9.46. The molecule has 0 fully saturated rings. The molecule has 0 aliphatic carbocycles. The van der Waals surface area contributed by atoms with Gasteiger partial charge in [0, 0.05) is 17.8 Å². The van der Waals surface area contributed by atoms with Gasteiger partial charge < -0.3 is 24.3 Å². The number of sulfonamides is 1. The van der Waals surface area contributed by atoms with Crippen LogP contribution in [0.2, 0.25) is 0 Å². The van der Waals surface area contributed by atoms with E-state index in [4.69, 9.17) is 24.1 Å². The number of primary sulfonamides is 1. The Balaban J connectivity index is 2.12. The van der Waals surface area contributed by atoms with Gasteiger partial charge in [0.2, 0.25) is 10.0 Å². The minimum absolute atomic E-state index is 0.0484. The average Bonchev–Trinajstić information content (AvgIpc) is 2.72. The van der Waals surface area contributed by atoms with Gasteiger partial charge in [-0.15, -0.1) is 0 Å². The van der Waals surface area contributed by atoms with E-state index in [1.165, 1.54) is 64.7 Å². The Kier molecular flexibility index (Phi) is 7.24. The fourth-order valence-corrected chi connectivity index (χ4v) is 2.95. The molecule has 1 unspecified atom stereocenters. The van der Waals surface area contributed by atoms with Crippen LogP contribution in [0.5, 0.6) is 17.2 Å². The molecular weight excluding hydrogens is 416 g/mol. The van der Waals surface area contributed by atoms with Crippen LogP contribution in [0.25, 0.3) is 0 Å². The molecule has 2 aromatic carbocycles. The van der Waals surface area contributed by atoms with Gasteiger partial charge in [-0.3, -0.25) is 4.79 Å². The van der Waals surface area contributed by atoms with E-state index >= 15 is 0 Å². The predicted octanol–water partition coefficient (Wildman–Crippen LogP) is 1.54. The topological polar surface area (TPSA) is 143 Å². The zero-order chi connectivity index (χ0) is 22.5. The van der Waals surface area contributed by atoms with Crippen molar-refractivity contribution in [3.8, 4) is 17.2 Å². The SMILES string of the molecule is COc1cc(OC)c(C(=O)OC(C)C(=O)Nc2ccc(S(N)(=O)=O)cc2)cc1OC. The number of anilines is 1. The van der Waals surface area contributed by atoms with Crippen LogP contribution in [-0.2, 0) is 19.6 Å². The van der Waals surface area contributed by atoms with Crippen LogP contribution in [0.4, 0.5) is 5.69 Å². The van der Waals surface area contributed by atoms with Crippen molar-refractivity contribution in [3.05, 3.63) is 42.0 Å². The fraction of sp³-hybridized carbons (Fsp3) is 0.263. The first kappa shape index (κ1) is 23.0. The zero-order valence-corrected chi connectivity index (χ0v) is 17.6. The summed E-state index contributed by atoms with van der Waals surface area (Å²) in [6.07, 6.45) is -1.16. The van der Waals surface area contributed by atoms with Crippen LogP contribution in [-0.4, -0.2) is 47.7 Å². The smallest absolute Gasteiger partial charge is 0.342 e. The van der Waals surface area contributed by atoms with Crippen LogP contribution >= 0.6 is 0 Å². The van der Waals surface area contributed by atoms with Crippen molar-refractivity contribution < 1.29 is 37.0 Å². The fourth-order valence-electron chi connectivity index (χ4n) is 2.44. The summed E-state index contributed by atoms with van der Waals surface area (Å²) in [4.78, 5) is 24.8. The third-order valence-electron chi connectivity index (χ3n) is 4.03. The number of nitrogens with two attached hydrogens (primary N) is 1. The normalized spacial score (nSPS) is 11.9. The summed E-state index contributed by atoms with van der Waals surface area (Å²) in [6, 6.07) is 8.07. The number of hydrogen-bond acceptors (Lipinski definition) is 8. The molecule has 0 spiro atoms. The molecule has 2 aromatic rings. The maximum absolute atomic E-state index is 12.6. The number of benzene rings is 2. The lowest BCUT2D eigenvalue weighted by atomic mass is 10.1. The molecule has 0 bridgehead atoms. The minimum Gasteiger partial charge on any atom is -0.496 e. The van der Waals surface area contributed by atoms with E-state index in [1.54, 1.807) is 0 Å². The molecule has 3 N–H and O–H groups in total. The first-order valence-electron chi connectivity index (χ1n) is 8.55. The van der Waals surface area contributed by atoms with Gasteiger partial charge in [0.25, 0.3) is 5.91 Å². The monoisotopic (exact) mass is 438 g/mol. The summed E-state index contributed by atoms with van der Waals surface area (Å²) in [5.41, 5.74) is 0.353. The van der Waals surface area contributed by atoms with E-state index in [0.29, 0.717) is 11.4 Å². The lowest BCUT2D eigenvalue weighted by molar-refractivity contribution is -0.123. The van der Waals surface area contributed by atoms with Gasteiger partial charge in [-0.1, -0.05) is 0 Å². The zero-order valence-electron chi connectivity index (χ0n) is 16.8. The highest BCUT2D eigenvalue weighted by Gasteiger charge is 2.24. The van der Waals surface area contributed by atoms with Crippen molar-refractivity contribution in [2.24, 2.45) is 5.14 Å². The molecule has 1 amide bonds. The van der Waals surface area contributed by atoms with Gasteiger partial charge in [-0.2, -0.15) is 0 Å². The summed E-state index contributed by atoms with van der Waals surface area (Å²) >= 11 is 0. The van der Waals surface area contributed by atoms with Gasteiger partial charge in [0.1, 0.15) is 11.3 Å². The Morgan fingerprint density at radius 3 is 1.97 bits per heavy atom. The molecule has 162 valence electrons. The van der Waals surface area contributed by atoms with E-state index in [0.717, 1.165) is 0 Å². The van der Waals surface area contributed by atoms with Crippen LogP contribution in [0.1, 0.15) is 17.3 Å². The van der Waals surface area contributed by atoms with Crippen molar-refractivity contribution in [3.63, 3.8) is 0 Å². The van der Waals surface area contributed by atoms with E-state index in [-0.39, 0.29) is 22.0 Å². The lowest BCUT2D eigenvalue weighted by Gasteiger charge is -2.16. The molecule has 2 rings (SSSR count). The second-order valence-electron chi connectivity index (χ2n) is 6.01. The highest BCUT2D eigenvalue weighted by molar-refractivity contribution is 7.89. The molecule has 0 aliphatic rings. The molecule has 0 aliphatic heterocycles. The van der Waals surface area contributed by atoms with Gasteiger partial charge in [0.05, 0.1) is 26.2 Å².